The van der Waals surface area contributed by atoms with Crippen LogP contribution in [0, 0.1) is 10.1 Å². The fourth-order valence-electron chi connectivity index (χ4n) is 3.00. The van der Waals surface area contributed by atoms with E-state index in [-0.39, 0.29) is 17.2 Å². The van der Waals surface area contributed by atoms with Crippen molar-refractivity contribution < 1.29 is 19.6 Å². The first kappa shape index (κ1) is 24.1. The summed E-state index contributed by atoms with van der Waals surface area (Å²) < 4.78 is 7.10. The molecule has 3 aromatic rings. The molecule has 0 unspecified atom stereocenters. The number of aliphatic carboxylic acids is 1. The molecule has 0 bridgehead atoms. The quantitative estimate of drug-likeness (QED) is 0.267. The summed E-state index contributed by atoms with van der Waals surface area (Å²) >= 11 is 3.36. The Labute approximate surface area is 196 Å². The summed E-state index contributed by atoms with van der Waals surface area (Å²) in [5.74, 6) is -1.02. The second kappa shape index (κ2) is 9.90. The maximum absolute atomic E-state index is 13.2. The number of carboxylic acids is 1. The fourth-order valence-corrected chi connectivity index (χ4v) is 3.36. The number of nitro benzene ring substituents is 1. The van der Waals surface area contributed by atoms with Gasteiger partial charge in [0.25, 0.3) is 5.56 Å². The lowest BCUT2D eigenvalue weighted by Gasteiger charge is -2.14. The molecule has 2 aromatic carbocycles. The summed E-state index contributed by atoms with van der Waals surface area (Å²) in [6.45, 7) is 5.17. The summed E-state index contributed by atoms with van der Waals surface area (Å²) in [4.78, 5) is 39.6. The van der Waals surface area contributed by atoms with Crippen LogP contribution in [0.2, 0.25) is 0 Å². The highest BCUT2D eigenvalue weighted by atomic mass is 79.9. The number of carboxylic acid groups (broad SMARTS) is 1. The second-order valence-corrected chi connectivity index (χ2v) is 8.30. The molecule has 0 radical (unpaired) electrons. The van der Waals surface area contributed by atoms with E-state index < -0.39 is 22.7 Å². The molecule has 172 valence electrons. The lowest BCUT2D eigenvalue weighted by molar-refractivity contribution is -0.386. The van der Waals surface area contributed by atoms with Crippen molar-refractivity contribution in [2.75, 3.05) is 0 Å². The predicted octanol–water partition coefficient (Wildman–Crippen LogP) is 4.31. The molecule has 0 spiro atoms. The van der Waals surface area contributed by atoms with E-state index in [1.54, 1.807) is 18.2 Å². The minimum Gasteiger partial charge on any atom is -0.479 e. The van der Waals surface area contributed by atoms with E-state index >= 15 is 0 Å². The minimum atomic E-state index is -1.26. The summed E-state index contributed by atoms with van der Waals surface area (Å²) in [5.41, 5.74) is 0.0997. The first-order valence-electron chi connectivity index (χ1n) is 10.1. The van der Waals surface area contributed by atoms with E-state index in [2.05, 4.69) is 26.0 Å². The van der Waals surface area contributed by atoms with Crippen molar-refractivity contribution in [3.05, 3.63) is 72.7 Å². The van der Waals surface area contributed by atoms with Gasteiger partial charge >= 0.3 is 11.7 Å². The molecular weight excluding hydrogens is 496 g/mol. The zero-order valence-corrected chi connectivity index (χ0v) is 19.6. The molecule has 0 saturated heterocycles. The normalized spacial score (nSPS) is 13.2. The van der Waals surface area contributed by atoms with Gasteiger partial charge in [-0.25, -0.2) is 9.78 Å². The maximum atomic E-state index is 13.2. The van der Waals surface area contributed by atoms with Gasteiger partial charge in [-0.3, -0.25) is 14.9 Å². The number of rotatable bonds is 8. The predicted molar refractivity (Wildman–Crippen MR) is 126 cm³/mol. The average molecular weight is 517 g/mol. The molecule has 2 atom stereocenters. The highest BCUT2D eigenvalue weighted by Crippen LogP contribution is 2.28. The average Bonchev–Trinajstić information content (AvgIpc) is 2.78. The molecule has 0 saturated carbocycles. The number of ether oxygens (including phenoxy) is 1. The smallest absolute Gasteiger partial charge is 0.344 e. The van der Waals surface area contributed by atoms with Crippen LogP contribution in [-0.2, 0) is 4.79 Å². The minimum absolute atomic E-state index is 0.0643. The van der Waals surface area contributed by atoms with Crippen molar-refractivity contribution in [2.24, 2.45) is 5.10 Å². The molecule has 0 aliphatic heterocycles. The highest BCUT2D eigenvalue weighted by Gasteiger charge is 2.21. The van der Waals surface area contributed by atoms with E-state index in [1.807, 2.05) is 13.8 Å². The van der Waals surface area contributed by atoms with E-state index in [4.69, 9.17) is 9.84 Å². The van der Waals surface area contributed by atoms with Crippen LogP contribution in [0.4, 0.5) is 5.69 Å². The summed E-state index contributed by atoms with van der Waals surface area (Å²) in [7, 11) is 0. The first-order chi connectivity index (χ1) is 15.6. The fraction of sp³-hybridized carbons (Fsp3) is 0.273. The van der Waals surface area contributed by atoms with Crippen LogP contribution >= 0.6 is 15.9 Å². The first-order valence-corrected chi connectivity index (χ1v) is 10.9. The van der Waals surface area contributed by atoms with Gasteiger partial charge in [-0.05, 0) is 43.7 Å². The summed E-state index contributed by atoms with van der Waals surface area (Å²) in [6, 6.07) is 9.20. The van der Waals surface area contributed by atoms with Crippen molar-refractivity contribution in [1.29, 1.82) is 0 Å². The van der Waals surface area contributed by atoms with Crippen molar-refractivity contribution in [1.82, 2.24) is 9.66 Å². The van der Waals surface area contributed by atoms with E-state index in [9.17, 15) is 19.7 Å². The molecule has 0 aliphatic rings. The number of nitro groups is 1. The van der Waals surface area contributed by atoms with Crippen LogP contribution < -0.4 is 10.3 Å². The zero-order chi connectivity index (χ0) is 24.3. The number of benzene rings is 2. The molecule has 1 heterocycles. The number of fused-ring (bicyclic) bond motifs is 1. The molecule has 10 nitrogen and oxygen atoms in total. The highest BCUT2D eigenvalue weighted by molar-refractivity contribution is 9.10. The summed E-state index contributed by atoms with van der Waals surface area (Å²) in [6.07, 6.45) is 0.780. The van der Waals surface area contributed by atoms with Crippen LogP contribution in [0.3, 0.4) is 0 Å². The number of aromatic nitrogens is 2. The van der Waals surface area contributed by atoms with Gasteiger partial charge in [0.1, 0.15) is 5.82 Å². The number of halogens is 1. The van der Waals surface area contributed by atoms with Gasteiger partial charge in [-0.15, -0.1) is 0 Å². The van der Waals surface area contributed by atoms with Gasteiger partial charge in [0.2, 0.25) is 0 Å². The molecule has 11 heteroatoms. The Kier molecular flexibility index (Phi) is 7.22. The van der Waals surface area contributed by atoms with E-state index in [0.29, 0.717) is 22.3 Å². The zero-order valence-electron chi connectivity index (χ0n) is 18.1. The van der Waals surface area contributed by atoms with Crippen LogP contribution in [0.25, 0.3) is 10.9 Å². The Hall–Kier alpha value is -3.60. The van der Waals surface area contributed by atoms with Crippen molar-refractivity contribution in [3.8, 4) is 5.75 Å². The SMILES string of the molecule is CC[C@H](C)c1nc2ccc(Br)cc2c(=O)n1N=Cc1ccc(O[C@@H](C)C(=O)O)c([N+](=O)[O-])c1. The van der Waals surface area contributed by atoms with Crippen LogP contribution in [0.5, 0.6) is 5.75 Å². The molecule has 0 aliphatic carbocycles. The number of hydrogen-bond donors (Lipinski definition) is 1. The van der Waals surface area contributed by atoms with Crippen LogP contribution in [0.15, 0.2) is 50.8 Å². The van der Waals surface area contributed by atoms with Crippen LogP contribution in [0.1, 0.15) is 44.5 Å². The van der Waals surface area contributed by atoms with Gasteiger partial charge in [0.15, 0.2) is 11.9 Å². The van der Waals surface area contributed by atoms with Crippen molar-refractivity contribution >= 4 is 44.7 Å². The Morgan fingerprint density at radius 2 is 2.06 bits per heavy atom. The standard InChI is InChI=1S/C22H21BrN4O6/c1-4-12(2)20-25-17-7-6-15(23)10-16(17)21(28)26(20)24-11-14-5-8-19(18(9-14)27(31)32)33-13(3)22(29)30/h5-13H,4H2,1-3H3,(H,29,30)/t12-,13-/m0/s1. The lowest BCUT2D eigenvalue weighted by atomic mass is 10.1. The van der Waals surface area contributed by atoms with E-state index in [0.717, 1.165) is 10.9 Å². The molecule has 0 fully saturated rings. The molecule has 3 rings (SSSR count). The van der Waals surface area contributed by atoms with Crippen molar-refractivity contribution in [2.45, 2.75) is 39.2 Å². The number of carbonyl (C=O) groups is 1. The third kappa shape index (κ3) is 5.25. The molecule has 33 heavy (non-hydrogen) atoms. The Morgan fingerprint density at radius 3 is 2.70 bits per heavy atom. The molecule has 1 aromatic heterocycles. The second-order valence-electron chi connectivity index (χ2n) is 7.38. The third-order valence-electron chi connectivity index (χ3n) is 5.04. The van der Waals surface area contributed by atoms with Gasteiger partial charge in [0.05, 0.1) is 22.0 Å². The van der Waals surface area contributed by atoms with Gasteiger partial charge in [-0.1, -0.05) is 29.8 Å². The lowest BCUT2D eigenvalue weighted by Crippen LogP contribution is -2.24. The van der Waals surface area contributed by atoms with E-state index in [1.165, 1.54) is 36.0 Å². The Morgan fingerprint density at radius 1 is 1.33 bits per heavy atom. The topological polar surface area (TPSA) is 137 Å². The number of hydrogen-bond acceptors (Lipinski definition) is 7. The van der Waals surface area contributed by atoms with Gasteiger partial charge in [-0.2, -0.15) is 9.78 Å². The largest absolute Gasteiger partial charge is 0.479 e. The Bertz CT molecular complexity index is 1320. The molecule has 0 amide bonds. The molecule has 1 N–H and O–H groups in total. The number of nitrogens with zero attached hydrogens (tertiary/aromatic N) is 4. The Balaban J connectivity index is 2.08. The van der Waals surface area contributed by atoms with Gasteiger partial charge < -0.3 is 9.84 Å². The molecular formula is C22H21BrN4O6. The van der Waals surface area contributed by atoms with Gasteiger partial charge in [0, 0.05) is 22.0 Å². The van der Waals surface area contributed by atoms with Crippen LogP contribution in [-0.4, -0.2) is 38.0 Å². The van der Waals surface area contributed by atoms with Crippen molar-refractivity contribution in [3.63, 3.8) is 0 Å². The monoisotopic (exact) mass is 516 g/mol. The third-order valence-corrected chi connectivity index (χ3v) is 5.53. The summed E-state index contributed by atoms with van der Waals surface area (Å²) in [5, 5.41) is 25.1. The maximum Gasteiger partial charge on any atom is 0.344 e.